The van der Waals surface area contributed by atoms with Crippen LogP contribution in [0.25, 0.3) is 0 Å². The summed E-state index contributed by atoms with van der Waals surface area (Å²) in [7, 11) is 0. The van der Waals surface area contributed by atoms with E-state index in [1.54, 1.807) is 12.3 Å². The molecule has 0 unspecified atom stereocenters. The second kappa shape index (κ2) is 6.75. The van der Waals surface area contributed by atoms with E-state index in [1.807, 2.05) is 24.0 Å². The highest BCUT2D eigenvalue weighted by molar-refractivity contribution is 5.93. The van der Waals surface area contributed by atoms with Crippen LogP contribution in [0.15, 0.2) is 24.4 Å². The highest BCUT2D eigenvalue weighted by Crippen LogP contribution is 2.38. The summed E-state index contributed by atoms with van der Waals surface area (Å²) in [5, 5.41) is 0. The zero-order chi connectivity index (χ0) is 15.4. The van der Waals surface area contributed by atoms with Crippen molar-refractivity contribution in [2.45, 2.75) is 31.8 Å². The van der Waals surface area contributed by atoms with Crippen LogP contribution >= 0.6 is 0 Å². The summed E-state index contributed by atoms with van der Waals surface area (Å²) in [6.45, 7) is 5.80. The predicted octanol–water partition coefficient (Wildman–Crippen LogP) is 2.13. The first-order chi connectivity index (χ1) is 10.7. The first-order valence-electron chi connectivity index (χ1n) is 8.14. The molecule has 0 aromatic carbocycles. The second-order valence-electron chi connectivity index (χ2n) is 6.25. The van der Waals surface area contributed by atoms with Crippen molar-refractivity contribution < 1.29 is 14.3 Å². The standard InChI is InChI=1S/C17H24N2O3/c1-2-21-9-6-14-7-10-22-17(11-14)12-19(13-17)16(20)15-5-3-4-8-18-15/h3-5,8,14H,2,6-7,9-13H2,1H3/t14-/m1/s1. The molecule has 0 radical (unpaired) electrons. The molecule has 2 saturated heterocycles. The Labute approximate surface area is 131 Å². The molecule has 1 aromatic heterocycles. The molecule has 2 aliphatic rings. The third-order valence-electron chi connectivity index (χ3n) is 4.60. The first-order valence-corrected chi connectivity index (χ1v) is 8.14. The van der Waals surface area contributed by atoms with Crippen LogP contribution < -0.4 is 0 Å². The van der Waals surface area contributed by atoms with E-state index >= 15 is 0 Å². The number of carbonyl (C=O) groups is 1. The average molecular weight is 304 g/mol. The van der Waals surface area contributed by atoms with Crippen LogP contribution in [0.3, 0.4) is 0 Å². The summed E-state index contributed by atoms with van der Waals surface area (Å²) >= 11 is 0. The van der Waals surface area contributed by atoms with Gasteiger partial charge >= 0.3 is 0 Å². The van der Waals surface area contributed by atoms with Gasteiger partial charge in [-0.15, -0.1) is 0 Å². The maximum Gasteiger partial charge on any atom is 0.272 e. The molecule has 5 heteroatoms. The molecule has 0 saturated carbocycles. The van der Waals surface area contributed by atoms with Gasteiger partial charge in [-0.3, -0.25) is 9.78 Å². The molecule has 0 aliphatic carbocycles. The Kier molecular flexibility index (Phi) is 4.74. The lowest BCUT2D eigenvalue weighted by molar-refractivity contribution is -0.167. The minimum absolute atomic E-state index is 0.00580. The lowest BCUT2D eigenvalue weighted by atomic mass is 9.79. The maximum atomic E-state index is 12.3. The molecule has 1 amide bonds. The van der Waals surface area contributed by atoms with Gasteiger partial charge in [-0.25, -0.2) is 0 Å². The average Bonchev–Trinajstić information content (AvgIpc) is 2.53. The van der Waals surface area contributed by atoms with Crippen LogP contribution in [0.2, 0.25) is 0 Å². The second-order valence-corrected chi connectivity index (χ2v) is 6.25. The van der Waals surface area contributed by atoms with Gasteiger partial charge in [0.05, 0.1) is 13.1 Å². The van der Waals surface area contributed by atoms with Crippen molar-refractivity contribution in [1.29, 1.82) is 0 Å². The fraction of sp³-hybridized carbons (Fsp3) is 0.647. The van der Waals surface area contributed by atoms with Gasteiger partial charge in [0.1, 0.15) is 11.3 Å². The molecule has 1 aromatic rings. The SMILES string of the molecule is CCOCC[C@@H]1CCOC2(C1)CN(C(=O)c1ccccn1)C2. The molecule has 2 fully saturated rings. The zero-order valence-corrected chi connectivity index (χ0v) is 13.2. The molecule has 5 nitrogen and oxygen atoms in total. The van der Waals surface area contributed by atoms with E-state index in [0.29, 0.717) is 24.7 Å². The molecule has 120 valence electrons. The fourth-order valence-electron chi connectivity index (χ4n) is 3.43. The van der Waals surface area contributed by atoms with Crippen LogP contribution in [0, 0.1) is 5.92 Å². The molecule has 3 rings (SSSR count). The Bertz CT molecular complexity index is 500. The summed E-state index contributed by atoms with van der Waals surface area (Å²) in [4.78, 5) is 18.3. The fourth-order valence-corrected chi connectivity index (χ4v) is 3.43. The van der Waals surface area contributed by atoms with E-state index in [-0.39, 0.29) is 11.5 Å². The van der Waals surface area contributed by atoms with Crippen molar-refractivity contribution >= 4 is 5.91 Å². The molecule has 0 bridgehead atoms. The molecule has 0 N–H and O–H groups in total. The Morgan fingerprint density at radius 3 is 3.09 bits per heavy atom. The number of hydrogen-bond acceptors (Lipinski definition) is 4. The van der Waals surface area contributed by atoms with Gasteiger partial charge in [-0.1, -0.05) is 6.07 Å². The van der Waals surface area contributed by atoms with Crippen molar-refractivity contribution in [3.8, 4) is 0 Å². The summed E-state index contributed by atoms with van der Waals surface area (Å²) in [6, 6.07) is 5.43. The number of likely N-dealkylation sites (tertiary alicyclic amines) is 1. The zero-order valence-electron chi connectivity index (χ0n) is 13.2. The molecular formula is C17H24N2O3. The summed E-state index contributed by atoms with van der Waals surface area (Å²) in [5.74, 6) is 0.652. The van der Waals surface area contributed by atoms with Crippen molar-refractivity contribution in [3.05, 3.63) is 30.1 Å². The van der Waals surface area contributed by atoms with E-state index in [0.717, 1.165) is 39.1 Å². The monoisotopic (exact) mass is 304 g/mol. The van der Waals surface area contributed by atoms with E-state index in [1.165, 1.54) is 0 Å². The van der Waals surface area contributed by atoms with Gasteiger partial charge in [0.25, 0.3) is 5.91 Å². The van der Waals surface area contributed by atoms with E-state index in [4.69, 9.17) is 9.47 Å². The van der Waals surface area contributed by atoms with Gasteiger partial charge in [-0.05, 0) is 44.2 Å². The van der Waals surface area contributed by atoms with E-state index in [9.17, 15) is 4.79 Å². The van der Waals surface area contributed by atoms with Gasteiger partial charge < -0.3 is 14.4 Å². The Morgan fingerprint density at radius 2 is 2.36 bits per heavy atom. The topological polar surface area (TPSA) is 51.7 Å². The summed E-state index contributed by atoms with van der Waals surface area (Å²) < 4.78 is 11.5. The van der Waals surface area contributed by atoms with Crippen LogP contribution in [-0.4, -0.2) is 54.3 Å². The third kappa shape index (κ3) is 3.31. The number of aromatic nitrogens is 1. The molecule has 2 aliphatic heterocycles. The highest BCUT2D eigenvalue weighted by atomic mass is 16.5. The predicted molar refractivity (Wildman–Crippen MR) is 82.7 cm³/mol. The van der Waals surface area contributed by atoms with Gasteiger partial charge in [0.15, 0.2) is 0 Å². The first kappa shape index (κ1) is 15.4. The van der Waals surface area contributed by atoms with Crippen LogP contribution in [-0.2, 0) is 9.47 Å². The summed E-state index contributed by atoms with van der Waals surface area (Å²) in [6.07, 6.45) is 4.88. The minimum Gasteiger partial charge on any atom is -0.382 e. The van der Waals surface area contributed by atoms with Crippen molar-refractivity contribution in [2.24, 2.45) is 5.92 Å². The smallest absolute Gasteiger partial charge is 0.272 e. The van der Waals surface area contributed by atoms with Crippen molar-refractivity contribution in [3.63, 3.8) is 0 Å². The number of rotatable bonds is 5. The number of pyridine rings is 1. The molecule has 3 heterocycles. The quantitative estimate of drug-likeness (QED) is 0.782. The Hall–Kier alpha value is -1.46. The lowest BCUT2D eigenvalue weighted by Crippen LogP contribution is -2.66. The maximum absolute atomic E-state index is 12.3. The van der Waals surface area contributed by atoms with Crippen LogP contribution in [0.4, 0.5) is 0 Å². The Morgan fingerprint density at radius 1 is 1.50 bits per heavy atom. The Balaban J connectivity index is 1.51. The third-order valence-corrected chi connectivity index (χ3v) is 4.60. The number of ether oxygens (including phenoxy) is 2. The lowest BCUT2D eigenvalue weighted by Gasteiger charge is -2.53. The molecule has 1 spiro atoms. The number of amides is 1. The normalized spacial score (nSPS) is 23.3. The van der Waals surface area contributed by atoms with Crippen LogP contribution in [0.5, 0.6) is 0 Å². The summed E-state index contributed by atoms with van der Waals surface area (Å²) in [5.41, 5.74) is 0.389. The van der Waals surface area contributed by atoms with Crippen LogP contribution in [0.1, 0.15) is 36.7 Å². The number of carbonyl (C=O) groups excluding carboxylic acids is 1. The highest BCUT2D eigenvalue weighted by Gasteiger charge is 2.49. The van der Waals surface area contributed by atoms with Gasteiger partial charge in [-0.2, -0.15) is 0 Å². The molecular weight excluding hydrogens is 280 g/mol. The van der Waals surface area contributed by atoms with Crippen molar-refractivity contribution in [2.75, 3.05) is 32.9 Å². The largest absolute Gasteiger partial charge is 0.382 e. The van der Waals surface area contributed by atoms with E-state index < -0.39 is 0 Å². The molecule has 1 atom stereocenters. The van der Waals surface area contributed by atoms with Gasteiger partial charge in [0.2, 0.25) is 0 Å². The van der Waals surface area contributed by atoms with E-state index in [2.05, 4.69) is 4.98 Å². The molecule has 22 heavy (non-hydrogen) atoms. The number of hydrogen-bond donors (Lipinski definition) is 0. The minimum atomic E-state index is -0.125. The van der Waals surface area contributed by atoms with Crippen molar-refractivity contribution in [1.82, 2.24) is 9.88 Å². The van der Waals surface area contributed by atoms with Gasteiger partial charge in [0, 0.05) is 26.0 Å². The number of nitrogens with zero attached hydrogens (tertiary/aromatic N) is 2.